The van der Waals surface area contributed by atoms with Crippen molar-refractivity contribution in [2.24, 2.45) is 0 Å². The Morgan fingerprint density at radius 1 is 1.05 bits per heavy atom. The van der Waals surface area contributed by atoms with Gasteiger partial charge in [0.1, 0.15) is 12.1 Å². The molecule has 0 aliphatic rings. The van der Waals surface area contributed by atoms with Gasteiger partial charge in [-0.25, -0.2) is 9.97 Å². The van der Waals surface area contributed by atoms with Gasteiger partial charge in [-0.05, 0) is 24.3 Å². The first kappa shape index (κ1) is 13.3. The van der Waals surface area contributed by atoms with E-state index in [2.05, 4.69) is 31.2 Å². The lowest BCUT2D eigenvalue weighted by atomic mass is 10.3. The first-order valence-corrected chi connectivity index (χ1v) is 6.21. The number of anilines is 2. The fourth-order valence-electron chi connectivity index (χ4n) is 1.32. The van der Waals surface area contributed by atoms with E-state index in [0.29, 0.717) is 0 Å². The van der Waals surface area contributed by atoms with E-state index >= 15 is 0 Å². The predicted molar refractivity (Wildman–Crippen MR) is 73.9 cm³/mol. The van der Waals surface area contributed by atoms with Crippen molar-refractivity contribution in [3.8, 4) is 12.1 Å². The standard InChI is InChI=1S/C12H5BrClN5/c13-7-1-3-8(4-2-7)17-12-11(14)18-9(5-15)10(6-16)19-12/h1-4H,(H,17,19). The van der Waals surface area contributed by atoms with E-state index in [1.54, 1.807) is 12.1 Å². The van der Waals surface area contributed by atoms with Crippen molar-refractivity contribution in [2.75, 3.05) is 5.32 Å². The molecule has 0 unspecified atom stereocenters. The zero-order valence-corrected chi connectivity index (χ0v) is 11.7. The Morgan fingerprint density at radius 3 is 2.21 bits per heavy atom. The summed E-state index contributed by atoms with van der Waals surface area (Å²) in [6.07, 6.45) is 0. The van der Waals surface area contributed by atoms with Crippen LogP contribution in [-0.4, -0.2) is 9.97 Å². The Bertz CT molecular complexity index is 700. The number of hydrogen-bond acceptors (Lipinski definition) is 5. The molecule has 92 valence electrons. The molecule has 1 N–H and O–H groups in total. The van der Waals surface area contributed by atoms with Crippen LogP contribution in [0.2, 0.25) is 5.15 Å². The third kappa shape index (κ3) is 3.00. The number of hydrogen-bond donors (Lipinski definition) is 1. The van der Waals surface area contributed by atoms with Crippen LogP contribution in [0.3, 0.4) is 0 Å². The first-order valence-electron chi connectivity index (χ1n) is 5.04. The third-order valence-corrected chi connectivity index (χ3v) is 2.96. The normalized spacial score (nSPS) is 9.47. The molecule has 19 heavy (non-hydrogen) atoms. The average molecular weight is 335 g/mol. The zero-order valence-electron chi connectivity index (χ0n) is 9.35. The van der Waals surface area contributed by atoms with Crippen LogP contribution in [0, 0.1) is 22.7 Å². The second kappa shape index (κ2) is 5.66. The largest absolute Gasteiger partial charge is 0.338 e. The van der Waals surface area contributed by atoms with Gasteiger partial charge in [0.05, 0.1) is 0 Å². The van der Waals surface area contributed by atoms with Gasteiger partial charge in [0, 0.05) is 10.2 Å². The van der Waals surface area contributed by atoms with Crippen LogP contribution >= 0.6 is 27.5 Å². The minimum absolute atomic E-state index is 0.0402. The number of nitriles is 2. The van der Waals surface area contributed by atoms with E-state index < -0.39 is 0 Å². The Morgan fingerprint density at radius 2 is 1.63 bits per heavy atom. The molecular weight excluding hydrogens is 330 g/mol. The fourth-order valence-corrected chi connectivity index (χ4v) is 1.76. The second-order valence-corrected chi connectivity index (χ2v) is 4.69. The summed E-state index contributed by atoms with van der Waals surface area (Å²) >= 11 is 9.24. The molecule has 5 nitrogen and oxygen atoms in total. The molecule has 0 aliphatic heterocycles. The summed E-state index contributed by atoms with van der Waals surface area (Å²) in [5, 5.41) is 20.7. The number of rotatable bonds is 2. The van der Waals surface area contributed by atoms with Gasteiger partial charge in [0.25, 0.3) is 0 Å². The molecular formula is C12H5BrClN5. The lowest BCUT2D eigenvalue weighted by Crippen LogP contribution is -2.01. The highest BCUT2D eigenvalue weighted by atomic mass is 79.9. The molecule has 0 amide bonds. The van der Waals surface area contributed by atoms with Crippen LogP contribution in [0.5, 0.6) is 0 Å². The lowest BCUT2D eigenvalue weighted by Gasteiger charge is -2.07. The molecule has 0 radical (unpaired) electrons. The Hall–Kier alpha value is -2.15. The van der Waals surface area contributed by atoms with Crippen LogP contribution in [0.4, 0.5) is 11.5 Å². The maximum atomic E-state index is 8.89. The number of benzene rings is 1. The summed E-state index contributed by atoms with van der Waals surface area (Å²) in [5.74, 6) is 0.236. The Labute approximate surface area is 122 Å². The summed E-state index contributed by atoms with van der Waals surface area (Å²) in [7, 11) is 0. The van der Waals surface area contributed by atoms with Gasteiger partial charge in [-0.3, -0.25) is 0 Å². The number of aromatic nitrogens is 2. The molecule has 0 aliphatic carbocycles. The Balaban J connectivity index is 2.39. The highest BCUT2D eigenvalue weighted by Gasteiger charge is 2.12. The van der Waals surface area contributed by atoms with Crippen molar-refractivity contribution in [3.05, 3.63) is 45.3 Å². The van der Waals surface area contributed by atoms with Gasteiger partial charge in [-0.15, -0.1) is 0 Å². The molecule has 1 heterocycles. The predicted octanol–water partition coefficient (Wildman–Crippen LogP) is 3.38. The number of nitrogens with one attached hydrogen (secondary N) is 1. The molecule has 0 saturated carbocycles. The minimum Gasteiger partial charge on any atom is -0.338 e. The lowest BCUT2D eigenvalue weighted by molar-refractivity contribution is 1.13. The van der Waals surface area contributed by atoms with E-state index in [9.17, 15) is 0 Å². The highest BCUT2D eigenvalue weighted by Crippen LogP contribution is 2.23. The average Bonchev–Trinajstić information content (AvgIpc) is 2.43. The molecule has 1 aromatic heterocycles. The maximum absolute atomic E-state index is 8.89. The van der Waals surface area contributed by atoms with E-state index in [-0.39, 0.29) is 22.4 Å². The van der Waals surface area contributed by atoms with Gasteiger partial charge in [-0.2, -0.15) is 10.5 Å². The van der Waals surface area contributed by atoms with Crippen LogP contribution in [-0.2, 0) is 0 Å². The van der Waals surface area contributed by atoms with Gasteiger partial charge in [-0.1, -0.05) is 27.5 Å². The smallest absolute Gasteiger partial charge is 0.179 e. The molecule has 2 aromatic rings. The zero-order chi connectivity index (χ0) is 13.8. The van der Waals surface area contributed by atoms with E-state index in [1.807, 2.05) is 24.3 Å². The summed E-state index contributed by atoms with van der Waals surface area (Å²) in [5.41, 5.74) is 0.591. The van der Waals surface area contributed by atoms with Crippen molar-refractivity contribution >= 4 is 39.0 Å². The topological polar surface area (TPSA) is 85.4 Å². The maximum Gasteiger partial charge on any atom is 0.179 e. The summed E-state index contributed by atoms with van der Waals surface area (Å²) in [6.45, 7) is 0. The van der Waals surface area contributed by atoms with Crippen LogP contribution in [0.25, 0.3) is 0 Å². The van der Waals surface area contributed by atoms with E-state index in [0.717, 1.165) is 10.2 Å². The summed E-state index contributed by atoms with van der Waals surface area (Å²) in [6, 6.07) is 10.9. The van der Waals surface area contributed by atoms with Crippen LogP contribution in [0.15, 0.2) is 28.7 Å². The van der Waals surface area contributed by atoms with Crippen molar-refractivity contribution < 1.29 is 0 Å². The summed E-state index contributed by atoms with van der Waals surface area (Å²) in [4.78, 5) is 7.80. The van der Waals surface area contributed by atoms with Crippen molar-refractivity contribution in [1.82, 2.24) is 9.97 Å². The van der Waals surface area contributed by atoms with E-state index in [1.165, 1.54) is 0 Å². The van der Waals surface area contributed by atoms with Crippen LogP contribution < -0.4 is 5.32 Å². The quantitative estimate of drug-likeness (QED) is 0.910. The van der Waals surface area contributed by atoms with E-state index in [4.69, 9.17) is 22.1 Å². The fraction of sp³-hybridized carbons (Fsp3) is 0. The van der Waals surface area contributed by atoms with Gasteiger partial charge in [0.15, 0.2) is 22.4 Å². The molecule has 1 aromatic carbocycles. The van der Waals surface area contributed by atoms with Gasteiger partial charge in [0.2, 0.25) is 0 Å². The van der Waals surface area contributed by atoms with Crippen LogP contribution in [0.1, 0.15) is 11.4 Å². The van der Waals surface area contributed by atoms with Gasteiger partial charge < -0.3 is 5.32 Å². The molecule has 7 heteroatoms. The molecule has 0 fully saturated rings. The van der Waals surface area contributed by atoms with Gasteiger partial charge >= 0.3 is 0 Å². The van der Waals surface area contributed by atoms with Crippen molar-refractivity contribution in [2.45, 2.75) is 0 Å². The minimum atomic E-state index is -0.0890. The monoisotopic (exact) mass is 333 g/mol. The second-order valence-electron chi connectivity index (χ2n) is 3.42. The number of halogens is 2. The Kier molecular flexibility index (Phi) is 3.96. The number of nitrogens with zero attached hydrogens (tertiary/aromatic N) is 4. The molecule has 0 saturated heterocycles. The molecule has 0 atom stereocenters. The molecule has 0 spiro atoms. The SMILES string of the molecule is N#Cc1nc(Cl)c(Nc2ccc(Br)cc2)nc1C#N. The first-order chi connectivity index (χ1) is 9.13. The molecule has 2 rings (SSSR count). The molecule has 0 bridgehead atoms. The summed E-state index contributed by atoms with van der Waals surface area (Å²) < 4.78 is 0.938. The van der Waals surface area contributed by atoms with Crippen molar-refractivity contribution in [3.63, 3.8) is 0 Å². The highest BCUT2D eigenvalue weighted by molar-refractivity contribution is 9.10. The third-order valence-electron chi connectivity index (χ3n) is 2.17. The van der Waals surface area contributed by atoms with Crippen molar-refractivity contribution in [1.29, 1.82) is 10.5 Å².